The second-order valence-corrected chi connectivity index (χ2v) is 10.2. The van der Waals surface area contributed by atoms with Gasteiger partial charge < -0.3 is 16.0 Å². The Morgan fingerprint density at radius 3 is 2.18 bits per heavy atom. The van der Waals surface area contributed by atoms with Gasteiger partial charge in [-0.25, -0.2) is 0 Å². The number of carbonyl (C=O) groups is 2. The van der Waals surface area contributed by atoms with Crippen molar-refractivity contribution in [2.24, 2.45) is 11.1 Å². The summed E-state index contributed by atoms with van der Waals surface area (Å²) in [5.74, 6) is -0.0473. The molecule has 0 atom stereocenters. The van der Waals surface area contributed by atoms with Crippen molar-refractivity contribution in [3.8, 4) is 6.07 Å². The van der Waals surface area contributed by atoms with Crippen molar-refractivity contribution in [3.05, 3.63) is 65.2 Å². The second kappa shape index (κ2) is 10.6. The summed E-state index contributed by atoms with van der Waals surface area (Å²) in [4.78, 5) is 27.7. The number of benzene rings is 2. The Balaban J connectivity index is 1.68. The largest absolute Gasteiger partial charge is 0.335 e. The first kappa shape index (κ1) is 24.5. The molecular formula is C27H34N4O2. The third-order valence-electron chi connectivity index (χ3n) is 6.02. The number of amides is 2. The Morgan fingerprint density at radius 2 is 1.64 bits per heavy atom. The lowest BCUT2D eigenvalue weighted by molar-refractivity contribution is -0.137. The molecule has 0 heterocycles. The van der Waals surface area contributed by atoms with Crippen molar-refractivity contribution in [2.75, 3.05) is 5.32 Å². The number of nitrogens with one attached hydrogen (secondary N) is 1. The van der Waals surface area contributed by atoms with Gasteiger partial charge in [-0.15, -0.1) is 0 Å². The molecule has 6 heteroatoms. The third kappa shape index (κ3) is 7.16. The quantitative estimate of drug-likeness (QED) is 0.663. The van der Waals surface area contributed by atoms with Crippen LogP contribution >= 0.6 is 0 Å². The second-order valence-electron chi connectivity index (χ2n) is 10.2. The highest BCUT2D eigenvalue weighted by atomic mass is 16.2. The van der Waals surface area contributed by atoms with E-state index < -0.39 is 0 Å². The van der Waals surface area contributed by atoms with Crippen LogP contribution < -0.4 is 11.1 Å². The SMILES string of the molecule is CC(C)(C)CC(=O)N(Cc1ccc(NC(=O)c2ccc(C#N)cc2)cc1)C1CCC(N)CC1. The van der Waals surface area contributed by atoms with Crippen molar-refractivity contribution in [1.29, 1.82) is 5.26 Å². The van der Waals surface area contributed by atoms with E-state index in [9.17, 15) is 9.59 Å². The van der Waals surface area contributed by atoms with Crippen LogP contribution in [0.2, 0.25) is 0 Å². The Morgan fingerprint density at radius 1 is 1.03 bits per heavy atom. The lowest BCUT2D eigenvalue weighted by atomic mass is 9.88. The van der Waals surface area contributed by atoms with Gasteiger partial charge in [-0.05, 0) is 73.1 Å². The van der Waals surface area contributed by atoms with E-state index in [0.29, 0.717) is 29.8 Å². The number of nitrogens with zero attached hydrogens (tertiary/aromatic N) is 2. The zero-order valence-corrected chi connectivity index (χ0v) is 19.8. The van der Waals surface area contributed by atoms with Crippen molar-refractivity contribution in [1.82, 2.24) is 4.90 Å². The van der Waals surface area contributed by atoms with Crippen LogP contribution in [0.25, 0.3) is 0 Å². The van der Waals surface area contributed by atoms with E-state index in [4.69, 9.17) is 11.0 Å². The average Bonchev–Trinajstić information content (AvgIpc) is 2.78. The number of hydrogen-bond acceptors (Lipinski definition) is 4. The summed E-state index contributed by atoms with van der Waals surface area (Å²) in [6.45, 7) is 6.82. The van der Waals surface area contributed by atoms with E-state index in [1.807, 2.05) is 35.2 Å². The summed E-state index contributed by atoms with van der Waals surface area (Å²) >= 11 is 0. The Kier molecular flexibility index (Phi) is 7.88. The molecule has 0 spiro atoms. The first-order valence-electron chi connectivity index (χ1n) is 11.6. The van der Waals surface area contributed by atoms with E-state index in [2.05, 4.69) is 26.1 Å². The molecule has 33 heavy (non-hydrogen) atoms. The molecule has 3 N–H and O–H groups in total. The molecule has 0 aliphatic heterocycles. The highest BCUT2D eigenvalue weighted by molar-refractivity contribution is 6.04. The molecule has 1 aliphatic rings. The fourth-order valence-electron chi connectivity index (χ4n) is 4.18. The summed E-state index contributed by atoms with van der Waals surface area (Å²) in [5.41, 5.74) is 8.74. The highest BCUT2D eigenvalue weighted by Crippen LogP contribution is 2.28. The van der Waals surface area contributed by atoms with Gasteiger partial charge in [-0.1, -0.05) is 32.9 Å². The molecule has 0 aromatic heterocycles. The Labute approximate surface area is 196 Å². The number of carbonyl (C=O) groups excluding carboxylic acids is 2. The van der Waals surface area contributed by atoms with Crippen molar-refractivity contribution in [2.45, 2.75) is 71.5 Å². The van der Waals surface area contributed by atoms with Crippen molar-refractivity contribution in [3.63, 3.8) is 0 Å². The maximum Gasteiger partial charge on any atom is 0.255 e. The van der Waals surface area contributed by atoms with Crippen LogP contribution in [0, 0.1) is 16.7 Å². The van der Waals surface area contributed by atoms with Crippen LogP contribution in [0.3, 0.4) is 0 Å². The molecule has 0 unspecified atom stereocenters. The zero-order chi connectivity index (χ0) is 24.0. The van der Waals surface area contributed by atoms with E-state index in [-0.39, 0.29) is 29.3 Å². The standard InChI is InChI=1S/C27H34N4O2/c1-27(2,3)16-25(32)31(24-14-10-22(29)11-15-24)18-20-6-12-23(13-7-20)30-26(33)21-8-4-19(17-28)5-9-21/h4-9,12-13,22,24H,10-11,14-16,18,29H2,1-3H3,(H,30,33). The first-order valence-corrected chi connectivity index (χ1v) is 11.6. The third-order valence-corrected chi connectivity index (χ3v) is 6.02. The fourth-order valence-corrected chi connectivity index (χ4v) is 4.18. The Bertz CT molecular complexity index is 992. The summed E-state index contributed by atoms with van der Waals surface area (Å²) in [7, 11) is 0. The number of anilines is 1. The summed E-state index contributed by atoms with van der Waals surface area (Å²) < 4.78 is 0. The molecule has 1 saturated carbocycles. The van der Waals surface area contributed by atoms with Gasteiger partial charge in [0.1, 0.15) is 0 Å². The predicted octanol–water partition coefficient (Wildman–Crippen LogP) is 4.85. The molecule has 0 radical (unpaired) electrons. The minimum absolute atomic E-state index is 0.0695. The number of nitrogens with two attached hydrogens (primary N) is 1. The molecule has 0 saturated heterocycles. The monoisotopic (exact) mass is 446 g/mol. The molecule has 2 amide bonds. The lowest BCUT2D eigenvalue weighted by Crippen LogP contribution is -2.44. The predicted molar refractivity (Wildman–Crippen MR) is 130 cm³/mol. The topological polar surface area (TPSA) is 99.2 Å². The van der Waals surface area contributed by atoms with Gasteiger partial charge in [-0.3, -0.25) is 9.59 Å². The van der Waals surface area contributed by atoms with Gasteiger partial charge in [0.15, 0.2) is 0 Å². The summed E-state index contributed by atoms with van der Waals surface area (Å²) in [6.07, 6.45) is 4.29. The van der Waals surface area contributed by atoms with Crippen LogP contribution in [0.4, 0.5) is 5.69 Å². The molecule has 3 rings (SSSR count). The minimum atomic E-state index is -0.229. The van der Waals surface area contributed by atoms with Crippen molar-refractivity contribution >= 4 is 17.5 Å². The minimum Gasteiger partial charge on any atom is -0.335 e. The molecule has 2 aromatic carbocycles. The van der Waals surface area contributed by atoms with Crippen molar-refractivity contribution < 1.29 is 9.59 Å². The van der Waals surface area contributed by atoms with Gasteiger partial charge in [0.05, 0.1) is 11.6 Å². The number of nitriles is 1. The maximum absolute atomic E-state index is 13.2. The Hall–Kier alpha value is -3.17. The molecule has 6 nitrogen and oxygen atoms in total. The van der Waals surface area contributed by atoms with Gasteiger partial charge in [-0.2, -0.15) is 5.26 Å². The number of hydrogen-bond donors (Lipinski definition) is 2. The maximum atomic E-state index is 13.2. The smallest absolute Gasteiger partial charge is 0.255 e. The number of rotatable bonds is 6. The first-order chi connectivity index (χ1) is 15.6. The molecule has 2 aromatic rings. The van der Waals surface area contributed by atoms with E-state index >= 15 is 0 Å². The molecule has 0 bridgehead atoms. The molecule has 174 valence electrons. The van der Waals surface area contributed by atoms with Crippen LogP contribution in [-0.2, 0) is 11.3 Å². The van der Waals surface area contributed by atoms with Gasteiger partial charge in [0.25, 0.3) is 5.91 Å². The lowest BCUT2D eigenvalue weighted by Gasteiger charge is -2.37. The summed E-state index contributed by atoms with van der Waals surface area (Å²) in [6, 6.07) is 16.7. The highest BCUT2D eigenvalue weighted by Gasteiger charge is 2.30. The van der Waals surface area contributed by atoms with E-state index in [0.717, 1.165) is 31.2 Å². The normalized spacial score (nSPS) is 18.3. The average molecular weight is 447 g/mol. The molecule has 1 aliphatic carbocycles. The van der Waals surface area contributed by atoms with Crippen LogP contribution in [-0.4, -0.2) is 28.8 Å². The van der Waals surface area contributed by atoms with E-state index in [1.54, 1.807) is 24.3 Å². The fraction of sp³-hybridized carbons (Fsp3) is 0.444. The van der Waals surface area contributed by atoms with Crippen LogP contribution in [0.5, 0.6) is 0 Å². The van der Waals surface area contributed by atoms with E-state index in [1.165, 1.54) is 0 Å². The summed E-state index contributed by atoms with van der Waals surface area (Å²) in [5, 5.41) is 11.8. The van der Waals surface area contributed by atoms with Gasteiger partial charge in [0.2, 0.25) is 5.91 Å². The molecule has 1 fully saturated rings. The van der Waals surface area contributed by atoms with Crippen LogP contribution in [0.15, 0.2) is 48.5 Å². The van der Waals surface area contributed by atoms with Gasteiger partial charge >= 0.3 is 0 Å². The zero-order valence-electron chi connectivity index (χ0n) is 19.8. The van der Waals surface area contributed by atoms with Gasteiger partial charge in [0, 0.05) is 36.3 Å². The van der Waals surface area contributed by atoms with Crippen LogP contribution in [0.1, 0.15) is 74.4 Å². The molecular weight excluding hydrogens is 412 g/mol.